The smallest absolute Gasteiger partial charge is 0.254 e. The fraction of sp³-hybridized carbons (Fsp3) is 0.312. The Hall–Kier alpha value is -2.67. The van der Waals surface area contributed by atoms with Crippen LogP contribution in [0.4, 0.5) is 0 Å². The number of nitrogens with one attached hydrogen (secondary N) is 2. The summed E-state index contributed by atoms with van der Waals surface area (Å²) in [5, 5.41) is 22.1. The number of carbonyl (C=O) groups is 1. The minimum Gasteiger partial charge on any atom is -0.382 e. The maximum absolute atomic E-state index is 12.8. The van der Waals surface area contributed by atoms with Gasteiger partial charge in [-0.25, -0.2) is 0 Å². The van der Waals surface area contributed by atoms with E-state index in [1.165, 1.54) is 6.20 Å². The highest BCUT2D eigenvalue weighted by atomic mass is 16.3. The van der Waals surface area contributed by atoms with Gasteiger partial charge in [-0.1, -0.05) is 6.07 Å². The van der Waals surface area contributed by atoms with Crippen molar-refractivity contribution in [1.29, 1.82) is 0 Å². The van der Waals surface area contributed by atoms with E-state index in [1.807, 2.05) is 30.5 Å². The Morgan fingerprint density at radius 3 is 3.09 bits per heavy atom. The van der Waals surface area contributed by atoms with Crippen molar-refractivity contribution < 1.29 is 9.90 Å². The molecular formula is C16H17N5O2. The molecule has 23 heavy (non-hydrogen) atoms. The number of aliphatic hydroxyl groups is 1. The SMILES string of the molecule is O=C(c1ccc2cc[nH]c2c1)N1CCC[C@](O)(c2cn[nH]n2)C1. The van der Waals surface area contributed by atoms with Gasteiger partial charge in [0, 0.05) is 23.8 Å². The molecule has 0 unspecified atom stereocenters. The normalized spacial score (nSPS) is 21.7. The lowest BCUT2D eigenvalue weighted by Gasteiger charge is -2.38. The number of rotatable bonds is 2. The third-order valence-corrected chi connectivity index (χ3v) is 4.45. The van der Waals surface area contributed by atoms with E-state index in [4.69, 9.17) is 0 Å². The molecular weight excluding hydrogens is 294 g/mol. The van der Waals surface area contributed by atoms with Gasteiger partial charge in [-0.2, -0.15) is 15.4 Å². The highest BCUT2D eigenvalue weighted by Gasteiger charge is 2.39. The first-order valence-corrected chi connectivity index (χ1v) is 7.61. The van der Waals surface area contributed by atoms with Gasteiger partial charge in [-0.3, -0.25) is 4.79 Å². The van der Waals surface area contributed by atoms with Crippen molar-refractivity contribution in [3.8, 4) is 0 Å². The van der Waals surface area contributed by atoms with E-state index in [1.54, 1.807) is 4.90 Å². The van der Waals surface area contributed by atoms with Crippen molar-refractivity contribution in [3.05, 3.63) is 47.9 Å². The van der Waals surface area contributed by atoms with E-state index in [-0.39, 0.29) is 12.5 Å². The molecule has 1 atom stereocenters. The third-order valence-electron chi connectivity index (χ3n) is 4.45. The first kappa shape index (κ1) is 14.0. The summed E-state index contributed by atoms with van der Waals surface area (Å²) in [5.74, 6) is -0.0804. The highest BCUT2D eigenvalue weighted by molar-refractivity contribution is 5.98. The summed E-state index contributed by atoms with van der Waals surface area (Å²) in [6, 6.07) is 7.56. The lowest BCUT2D eigenvalue weighted by atomic mass is 9.89. The zero-order valence-corrected chi connectivity index (χ0v) is 12.5. The quantitative estimate of drug-likeness (QED) is 0.666. The number of piperidine rings is 1. The Morgan fingerprint density at radius 1 is 1.35 bits per heavy atom. The molecule has 1 fully saturated rings. The molecule has 1 aromatic carbocycles. The Kier molecular flexibility index (Phi) is 3.16. The number of likely N-dealkylation sites (tertiary alicyclic amines) is 1. The highest BCUT2D eigenvalue weighted by Crippen LogP contribution is 2.30. The van der Waals surface area contributed by atoms with Crippen molar-refractivity contribution in [2.24, 2.45) is 0 Å². The molecule has 0 spiro atoms. The zero-order chi connectivity index (χ0) is 15.9. The summed E-state index contributed by atoms with van der Waals surface area (Å²) in [4.78, 5) is 17.6. The number of aromatic amines is 2. The molecule has 1 saturated heterocycles. The largest absolute Gasteiger partial charge is 0.382 e. The number of nitrogens with zero attached hydrogens (tertiary/aromatic N) is 3. The number of hydrogen-bond acceptors (Lipinski definition) is 4. The topological polar surface area (TPSA) is 97.9 Å². The number of β-amino-alcohol motifs (C(OH)–C–C–N with tert-alkyl or cyclic N) is 1. The Morgan fingerprint density at radius 2 is 2.26 bits per heavy atom. The van der Waals surface area contributed by atoms with Gasteiger partial charge in [0.2, 0.25) is 0 Å². The van der Waals surface area contributed by atoms with Crippen LogP contribution in [-0.4, -0.2) is 49.4 Å². The van der Waals surface area contributed by atoms with Crippen molar-refractivity contribution in [3.63, 3.8) is 0 Å². The molecule has 1 amide bonds. The van der Waals surface area contributed by atoms with E-state index in [0.717, 1.165) is 17.3 Å². The second-order valence-electron chi connectivity index (χ2n) is 6.00. The van der Waals surface area contributed by atoms with Crippen molar-refractivity contribution in [2.75, 3.05) is 13.1 Å². The predicted molar refractivity (Wildman–Crippen MR) is 83.7 cm³/mol. The number of fused-ring (bicyclic) bond motifs is 1. The van der Waals surface area contributed by atoms with Gasteiger partial charge in [0.1, 0.15) is 11.3 Å². The Bertz CT molecular complexity index is 841. The maximum atomic E-state index is 12.8. The third kappa shape index (κ3) is 2.39. The van der Waals surface area contributed by atoms with Gasteiger partial charge in [0.15, 0.2) is 0 Å². The molecule has 0 saturated carbocycles. The molecule has 3 heterocycles. The van der Waals surface area contributed by atoms with Crippen LogP contribution in [0.1, 0.15) is 28.9 Å². The zero-order valence-electron chi connectivity index (χ0n) is 12.5. The molecule has 7 heteroatoms. The number of aromatic nitrogens is 4. The second kappa shape index (κ2) is 5.20. The average Bonchev–Trinajstić information content (AvgIpc) is 3.25. The van der Waals surface area contributed by atoms with Gasteiger partial charge in [0.25, 0.3) is 5.91 Å². The molecule has 7 nitrogen and oxygen atoms in total. The lowest BCUT2D eigenvalue weighted by Crippen LogP contribution is -2.48. The average molecular weight is 311 g/mol. The number of carbonyl (C=O) groups excluding carboxylic acids is 1. The molecule has 118 valence electrons. The summed E-state index contributed by atoms with van der Waals surface area (Å²) in [6.45, 7) is 0.850. The fourth-order valence-corrected chi connectivity index (χ4v) is 3.21. The first-order valence-electron chi connectivity index (χ1n) is 7.61. The monoisotopic (exact) mass is 311 g/mol. The maximum Gasteiger partial charge on any atom is 0.254 e. The summed E-state index contributed by atoms with van der Waals surface area (Å²) >= 11 is 0. The van der Waals surface area contributed by atoms with Crippen LogP contribution in [0.25, 0.3) is 10.9 Å². The van der Waals surface area contributed by atoms with Gasteiger partial charge >= 0.3 is 0 Å². The number of benzene rings is 1. The van der Waals surface area contributed by atoms with E-state index in [9.17, 15) is 9.90 Å². The Labute approximate surface area is 132 Å². The predicted octanol–water partition coefficient (Wildman–Crippen LogP) is 1.41. The van der Waals surface area contributed by atoms with Crippen molar-refractivity contribution in [2.45, 2.75) is 18.4 Å². The molecule has 1 aliphatic heterocycles. The van der Waals surface area contributed by atoms with Gasteiger partial charge in [-0.05, 0) is 36.4 Å². The van der Waals surface area contributed by atoms with Crippen LogP contribution < -0.4 is 0 Å². The molecule has 0 aliphatic carbocycles. The summed E-state index contributed by atoms with van der Waals surface area (Å²) in [7, 11) is 0. The molecule has 3 aromatic rings. The van der Waals surface area contributed by atoms with Gasteiger partial charge in [0.05, 0.1) is 12.7 Å². The van der Waals surface area contributed by atoms with E-state index in [2.05, 4.69) is 20.4 Å². The van der Waals surface area contributed by atoms with Crippen LogP contribution in [0, 0.1) is 0 Å². The number of amides is 1. The number of H-pyrrole nitrogens is 2. The molecule has 0 radical (unpaired) electrons. The van der Waals surface area contributed by atoms with Crippen LogP contribution >= 0.6 is 0 Å². The molecule has 1 aliphatic rings. The summed E-state index contributed by atoms with van der Waals surface area (Å²) in [5.41, 5.74) is 0.885. The molecule has 3 N–H and O–H groups in total. The first-order chi connectivity index (χ1) is 11.2. The minimum atomic E-state index is -1.14. The molecule has 2 aromatic heterocycles. The minimum absolute atomic E-state index is 0.0804. The van der Waals surface area contributed by atoms with Crippen molar-refractivity contribution in [1.82, 2.24) is 25.3 Å². The van der Waals surface area contributed by atoms with Crippen molar-refractivity contribution >= 4 is 16.8 Å². The van der Waals surface area contributed by atoms with Gasteiger partial charge < -0.3 is 15.0 Å². The number of hydrogen-bond donors (Lipinski definition) is 3. The van der Waals surface area contributed by atoms with Crippen LogP contribution in [0.5, 0.6) is 0 Å². The van der Waals surface area contributed by atoms with E-state index >= 15 is 0 Å². The molecule has 4 rings (SSSR count). The molecule has 0 bridgehead atoms. The van der Waals surface area contributed by atoms with E-state index < -0.39 is 5.60 Å². The van der Waals surface area contributed by atoms with E-state index in [0.29, 0.717) is 24.2 Å². The van der Waals surface area contributed by atoms with Crippen LogP contribution in [-0.2, 0) is 5.60 Å². The standard InChI is InChI=1S/C16H17N5O2/c22-15(12-3-2-11-4-6-17-13(11)8-12)21-7-1-5-16(23,10-21)14-9-18-20-19-14/h2-4,6,8-9,17,23H,1,5,7,10H2,(H,18,19,20)/t16-/m1/s1. The fourth-order valence-electron chi connectivity index (χ4n) is 3.21. The lowest BCUT2D eigenvalue weighted by molar-refractivity contribution is -0.0320. The van der Waals surface area contributed by atoms with Crippen LogP contribution in [0.15, 0.2) is 36.7 Å². The summed E-state index contributed by atoms with van der Waals surface area (Å²) < 4.78 is 0. The summed E-state index contributed by atoms with van der Waals surface area (Å²) in [6.07, 6.45) is 4.65. The second-order valence-corrected chi connectivity index (χ2v) is 6.00. The van der Waals surface area contributed by atoms with Crippen LogP contribution in [0.2, 0.25) is 0 Å². The Balaban J connectivity index is 1.60. The van der Waals surface area contributed by atoms with Crippen LogP contribution in [0.3, 0.4) is 0 Å². The van der Waals surface area contributed by atoms with Gasteiger partial charge in [-0.15, -0.1) is 0 Å².